The lowest BCUT2D eigenvalue weighted by Crippen LogP contribution is -2.37. The van der Waals surface area contributed by atoms with E-state index in [0.29, 0.717) is 6.54 Å². The molecule has 0 aliphatic carbocycles. The third kappa shape index (κ3) is 7.19. The molecular formula is C18H19BrN2O3S. The van der Waals surface area contributed by atoms with Crippen LogP contribution in [0.15, 0.2) is 57.9 Å². The van der Waals surface area contributed by atoms with E-state index in [4.69, 9.17) is 4.74 Å². The second-order valence-corrected chi connectivity index (χ2v) is 7.11. The largest absolute Gasteiger partial charge is 0.497 e. The van der Waals surface area contributed by atoms with Crippen molar-refractivity contribution in [2.24, 2.45) is 0 Å². The van der Waals surface area contributed by atoms with Crippen molar-refractivity contribution in [1.82, 2.24) is 10.6 Å². The molecule has 2 aromatic carbocycles. The van der Waals surface area contributed by atoms with Crippen LogP contribution >= 0.6 is 27.7 Å². The van der Waals surface area contributed by atoms with Crippen molar-refractivity contribution in [2.75, 3.05) is 19.4 Å². The van der Waals surface area contributed by atoms with Crippen molar-refractivity contribution in [3.05, 3.63) is 58.6 Å². The van der Waals surface area contributed by atoms with Crippen LogP contribution in [0.1, 0.15) is 5.56 Å². The topological polar surface area (TPSA) is 67.4 Å². The second kappa shape index (κ2) is 10.1. The lowest BCUT2D eigenvalue weighted by Gasteiger charge is -2.08. The summed E-state index contributed by atoms with van der Waals surface area (Å²) >= 11 is 4.79. The third-order valence-corrected chi connectivity index (χ3v) is 4.82. The lowest BCUT2D eigenvalue weighted by molar-refractivity contribution is -0.124. The summed E-state index contributed by atoms with van der Waals surface area (Å²) in [4.78, 5) is 24.6. The van der Waals surface area contributed by atoms with E-state index in [9.17, 15) is 9.59 Å². The van der Waals surface area contributed by atoms with Gasteiger partial charge in [-0.2, -0.15) is 0 Å². The zero-order valence-corrected chi connectivity index (χ0v) is 16.2. The molecule has 2 rings (SSSR count). The van der Waals surface area contributed by atoms with Crippen LogP contribution in [-0.4, -0.2) is 31.2 Å². The van der Waals surface area contributed by atoms with Crippen LogP contribution in [0.5, 0.6) is 5.75 Å². The number of halogens is 1. The number of hydrogen-bond donors (Lipinski definition) is 2. The Labute approximate surface area is 159 Å². The first-order chi connectivity index (χ1) is 12.1. The Morgan fingerprint density at radius 3 is 2.32 bits per heavy atom. The fraction of sp³-hybridized carbons (Fsp3) is 0.222. The van der Waals surface area contributed by atoms with Gasteiger partial charge < -0.3 is 15.4 Å². The normalized spacial score (nSPS) is 10.2. The molecule has 0 atom stereocenters. The molecule has 132 valence electrons. The van der Waals surface area contributed by atoms with Crippen LogP contribution in [0.2, 0.25) is 0 Å². The number of nitrogens with one attached hydrogen (secondary N) is 2. The fourth-order valence-corrected chi connectivity index (χ4v) is 2.91. The van der Waals surface area contributed by atoms with E-state index in [1.54, 1.807) is 7.11 Å². The van der Waals surface area contributed by atoms with Crippen molar-refractivity contribution in [2.45, 2.75) is 11.4 Å². The highest BCUT2D eigenvalue weighted by atomic mass is 79.9. The van der Waals surface area contributed by atoms with Crippen LogP contribution in [0, 0.1) is 0 Å². The van der Waals surface area contributed by atoms with Crippen molar-refractivity contribution >= 4 is 39.5 Å². The molecule has 0 bridgehead atoms. The maximum Gasteiger partial charge on any atom is 0.239 e. The summed E-state index contributed by atoms with van der Waals surface area (Å²) < 4.78 is 6.08. The summed E-state index contributed by atoms with van der Waals surface area (Å²) in [6.07, 6.45) is 0. The minimum atomic E-state index is -0.224. The van der Waals surface area contributed by atoms with Crippen molar-refractivity contribution in [3.8, 4) is 5.75 Å². The third-order valence-electron chi connectivity index (χ3n) is 3.28. The Hall–Kier alpha value is -1.99. The van der Waals surface area contributed by atoms with Gasteiger partial charge in [0.25, 0.3) is 0 Å². The number of hydrogen-bond acceptors (Lipinski definition) is 4. The Morgan fingerprint density at radius 1 is 1.00 bits per heavy atom. The average Bonchev–Trinajstić information content (AvgIpc) is 2.64. The average molecular weight is 423 g/mol. The van der Waals surface area contributed by atoms with E-state index in [0.717, 1.165) is 20.7 Å². The van der Waals surface area contributed by atoms with Crippen LogP contribution in [0.3, 0.4) is 0 Å². The summed E-state index contributed by atoms with van der Waals surface area (Å²) in [5, 5.41) is 5.38. The minimum Gasteiger partial charge on any atom is -0.497 e. The van der Waals surface area contributed by atoms with Gasteiger partial charge in [-0.25, -0.2) is 0 Å². The molecule has 25 heavy (non-hydrogen) atoms. The van der Waals surface area contributed by atoms with E-state index in [1.807, 2.05) is 48.5 Å². The number of thioether (sulfide) groups is 1. The van der Waals surface area contributed by atoms with E-state index in [-0.39, 0.29) is 24.1 Å². The summed E-state index contributed by atoms with van der Waals surface area (Å²) in [5.41, 5.74) is 0.964. The molecule has 0 spiro atoms. The van der Waals surface area contributed by atoms with Gasteiger partial charge in [-0.3, -0.25) is 9.59 Å². The molecule has 2 aromatic rings. The molecule has 0 saturated heterocycles. The lowest BCUT2D eigenvalue weighted by atomic mass is 10.2. The van der Waals surface area contributed by atoms with Crippen molar-refractivity contribution in [3.63, 3.8) is 0 Å². The van der Waals surface area contributed by atoms with Gasteiger partial charge in [-0.1, -0.05) is 28.1 Å². The maximum absolute atomic E-state index is 11.8. The van der Waals surface area contributed by atoms with Crippen LogP contribution < -0.4 is 15.4 Å². The summed E-state index contributed by atoms with van der Waals surface area (Å²) in [7, 11) is 1.61. The van der Waals surface area contributed by atoms with Gasteiger partial charge in [0, 0.05) is 15.9 Å². The Morgan fingerprint density at radius 2 is 1.68 bits per heavy atom. The van der Waals surface area contributed by atoms with Crippen molar-refractivity contribution < 1.29 is 14.3 Å². The van der Waals surface area contributed by atoms with Gasteiger partial charge in [-0.15, -0.1) is 11.8 Å². The van der Waals surface area contributed by atoms with Gasteiger partial charge >= 0.3 is 0 Å². The number of benzene rings is 2. The smallest absolute Gasteiger partial charge is 0.239 e. The summed E-state index contributed by atoms with van der Waals surface area (Å²) in [6, 6.07) is 15.2. The number of ether oxygens (including phenoxy) is 1. The molecule has 0 heterocycles. The van der Waals surface area contributed by atoms with E-state index < -0.39 is 0 Å². The van der Waals surface area contributed by atoms with Gasteiger partial charge in [0.2, 0.25) is 11.8 Å². The summed E-state index contributed by atoms with van der Waals surface area (Å²) in [5.74, 6) is 0.642. The van der Waals surface area contributed by atoms with Gasteiger partial charge in [0.15, 0.2) is 0 Å². The molecule has 5 nitrogen and oxygen atoms in total. The first-order valence-electron chi connectivity index (χ1n) is 7.61. The zero-order chi connectivity index (χ0) is 18.1. The molecular weight excluding hydrogens is 404 g/mol. The van der Waals surface area contributed by atoms with Crippen LogP contribution in [0.4, 0.5) is 0 Å². The highest BCUT2D eigenvalue weighted by Crippen LogP contribution is 2.20. The number of carbonyl (C=O) groups is 2. The first-order valence-corrected chi connectivity index (χ1v) is 9.39. The molecule has 0 radical (unpaired) electrons. The predicted molar refractivity (Wildman–Crippen MR) is 103 cm³/mol. The van der Waals surface area contributed by atoms with E-state index >= 15 is 0 Å². The van der Waals surface area contributed by atoms with Crippen LogP contribution in [0.25, 0.3) is 0 Å². The molecule has 0 aromatic heterocycles. The van der Waals surface area contributed by atoms with Gasteiger partial charge in [0.1, 0.15) is 5.75 Å². The Balaban J connectivity index is 1.64. The highest BCUT2D eigenvalue weighted by Gasteiger charge is 2.06. The van der Waals surface area contributed by atoms with Gasteiger partial charge in [-0.05, 0) is 42.0 Å². The van der Waals surface area contributed by atoms with Crippen LogP contribution in [-0.2, 0) is 16.1 Å². The second-order valence-electron chi connectivity index (χ2n) is 5.14. The Kier molecular flexibility index (Phi) is 7.81. The Bertz CT molecular complexity index is 705. The first kappa shape index (κ1) is 19.3. The van der Waals surface area contributed by atoms with E-state index in [1.165, 1.54) is 11.8 Å². The molecule has 7 heteroatoms. The van der Waals surface area contributed by atoms with E-state index in [2.05, 4.69) is 26.6 Å². The monoisotopic (exact) mass is 422 g/mol. The molecule has 0 fully saturated rings. The molecule has 0 saturated carbocycles. The minimum absolute atomic E-state index is 0.0319. The molecule has 2 amide bonds. The van der Waals surface area contributed by atoms with Gasteiger partial charge in [0.05, 0.1) is 19.4 Å². The maximum atomic E-state index is 11.8. The molecule has 0 aliphatic rings. The number of carbonyl (C=O) groups excluding carboxylic acids is 2. The number of rotatable bonds is 8. The fourth-order valence-electron chi connectivity index (χ4n) is 1.92. The highest BCUT2D eigenvalue weighted by molar-refractivity contribution is 9.10. The summed E-state index contributed by atoms with van der Waals surface area (Å²) in [6.45, 7) is 0.377. The van der Waals surface area contributed by atoms with Crippen molar-refractivity contribution in [1.29, 1.82) is 0 Å². The standard InChI is InChI=1S/C18H19BrN2O3S/c1-24-15-6-2-13(3-7-15)10-20-17(22)11-21-18(23)12-25-16-8-4-14(19)5-9-16/h2-9H,10-12H2,1H3,(H,20,22)(H,21,23). The predicted octanol–water partition coefficient (Wildman–Crippen LogP) is 2.98. The number of methoxy groups -OCH3 is 1. The SMILES string of the molecule is COc1ccc(CNC(=O)CNC(=O)CSc2ccc(Br)cc2)cc1. The molecule has 0 unspecified atom stereocenters. The molecule has 0 aliphatic heterocycles. The quantitative estimate of drug-likeness (QED) is 0.641. The molecule has 2 N–H and O–H groups in total. The zero-order valence-electron chi connectivity index (χ0n) is 13.8. The number of amides is 2.